The SMILES string of the molecule is C=C[C@@H](CC(=O)OC)[C@@H]1COC(C)(C)N1C(=O)OC(C)(C)C. The van der Waals surface area contributed by atoms with Gasteiger partial charge in [0.25, 0.3) is 0 Å². The monoisotopic (exact) mass is 313 g/mol. The van der Waals surface area contributed by atoms with Gasteiger partial charge < -0.3 is 14.2 Å². The van der Waals surface area contributed by atoms with Crippen molar-refractivity contribution in [1.29, 1.82) is 0 Å². The Morgan fingerprint density at radius 2 is 2.05 bits per heavy atom. The first kappa shape index (κ1) is 18.5. The van der Waals surface area contributed by atoms with Crippen molar-refractivity contribution in [3.63, 3.8) is 0 Å². The predicted molar refractivity (Wildman–Crippen MR) is 82.2 cm³/mol. The van der Waals surface area contributed by atoms with Crippen LogP contribution in [-0.2, 0) is 19.0 Å². The summed E-state index contributed by atoms with van der Waals surface area (Å²) in [5, 5.41) is 0. The summed E-state index contributed by atoms with van der Waals surface area (Å²) in [7, 11) is 1.34. The van der Waals surface area contributed by atoms with E-state index in [1.807, 2.05) is 20.8 Å². The lowest BCUT2D eigenvalue weighted by Crippen LogP contribution is -2.52. The van der Waals surface area contributed by atoms with Gasteiger partial charge in [-0.05, 0) is 34.6 Å². The van der Waals surface area contributed by atoms with Gasteiger partial charge in [0.1, 0.15) is 11.3 Å². The van der Waals surface area contributed by atoms with E-state index in [1.165, 1.54) is 7.11 Å². The summed E-state index contributed by atoms with van der Waals surface area (Å²) in [6.07, 6.45) is 1.34. The Balaban J connectivity index is 2.99. The normalized spacial score (nSPS) is 22.1. The van der Waals surface area contributed by atoms with Crippen LogP contribution in [0.25, 0.3) is 0 Å². The first-order valence-electron chi connectivity index (χ1n) is 7.37. The lowest BCUT2D eigenvalue weighted by Gasteiger charge is -2.36. The zero-order chi connectivity index (χ0) is 17.1. The topological polar surface area (TPSA) is 65.1 Å². The predicted octanol–water partition coefficient (Wildman–Crippen LogP) is 2.72. The first-order valence-corrected chi connectivity index (χ1v) is 7.37. The molecule has 1 fully saturated rings. The highest BCUT2D eigenvalue weighted by atomic mass is 16.6. The Morgan fingerprint density at radius 1 is 1.45 bits per heavy atom. The maximum absolute atomic E-state index is 12.5. The molecular formula is C16H27NO5. The van der Waals surface area contributed by atoms with E-state index in [0.717, 1.165) is 0 Å². The molecule has 0 aromatic carbocycles. The van der Waals surface area contributed by atoms with E-state index in [1.54, 1.807) is 24.8 Å². The van der Waals surface area contributed by atoms with E-state index in [2.05, 4.69) is 6.58 Å². The fraction of sp³-hybridized carbons (Fsp3) is 0.750. The molecule has 1 amide bonds. The molecule has 6 heteroatoms. The van der Waals surface area contributed by atoms with Crippen LogP contribution >= 0.6 is 0 Å². The fourth-order valence-corrected chi connectivity index (χ4v) is 2.47. The van der Waals surface area contributed by atoms with Crippen molar-refractivity contribution in [1.82, 2.24) is 4.90 Å². The standard InChI is InChI=1S/C16H27NO5/c1-8-11(9-13(18)20-7)12-10-21-16(5,6)17(12)14(19)22-15(2,3)4/h8,11-12H,1,9-10H2,2-7H3/t11-,12-/m0/s1. The highest BCUT2D eigenvalue weighted by Gasteiger charge is 2.48. The number of methoxy groups -OCH3 is 1. The molecule has 0 N–H and O–H groups in total. The third kappa shape index (κ3) is 4.47. The van der Waals surface area contributed by atoms with Crippen LogP contribution in [-0.4, -0.2) is 48.0 Å². The molecular weight excluding hydrogens is 286 g/mol. The molecule has 0 unspecified atom stereocenters. The Morgan fingerprint density at radius 3 is 2.50 bits per heavy atom. The van der Waals surface area contributed by atoms with Crippen molar-refractivity contribution < 1.29 is 23.8 Å². The zero-order valence-electron chi connectivity index (χ0n) is 14.3. The van der Waals surface area contributed by atoms with Crippen molar-refractivity contribution in [3.05, 3.63) is 12.7 Å². The summed E-state index contributed by atoms with van der Waals surface area (Å²) in [6, 6.07) is -0.318. The molecule has 1 heterocycles. The van der Waals surface area contributed by atoms with E-state index in [-0.39, 0.29) is 24.3 Å². The highest BCUT2D eigenvalue weighted by Crippen LogP contribution is 2.34. The van der Waals surface area contributed by atoms with E-state index in [0.29, 0.717) is 6.61 Å². The summed E-state index contributed by atoms with van der Waals surface area (Å²) in [5.74, 6) is -0.611. The molecule has 0 aromatic heterocycles. The van der Waals surface area contributed by atoms with Crippen molar-refractivity contribution >= 4 is 12.1 Å². The lowest BCUT2D eigenvalue weighted by molar-refractivity contribution is -0.141. The molecule has 2 atom stereocenters. The Kier molecular flexibility index (Phi) is 5.62. The Hall–Kier alpha value is -1.56. The van der Waals surface area contributed by atoms with Crippen molar-refractivity contribution in [2.24, 2.45) is 5.92 Å². The van der Waals surface area contributed by atoms with Crippen LogP contribution in [0.3, 0.4) is 0 Å². The number of nitrogens with zero attached hydrogens (tertiary/aromatic N) is 1. The third-order valence-corrected chi connectivity index (χ3v) is 3.54. The number of hydrogen-bond acceptors (Lipinski definition) is 5. The number of amides is 1. The first-order chi connectivity index (χ1) is 10.0. The van der Waals surface area contributed by atoms with Gasteiger partial charge >= 0.3 is 12.1 Å². The lowest BCUT2D eigenvalue weighted by atomic mass is 9.95. The molecule has 0 aromatic rings. The van der Waals surface area contributed by atoms with Gasteiger partial charge in [0.2, 0.25) is 0 Å². The van der Waals surface area contributed by atoms with Gasteiger partial charge in [0.05, 0.1) is 26.2 Å². The summed E-state index contributed by atoms with van der Waals surface area (Å²) < 4.78 is 15.9. The van der Waals surface area contributed by atoms with Crippen LogP contribution in [0.2, 0.25) is 0 Å². The quantitative estimate of drug-likeness (QED) is 0.590. The molecule has 1 aliphatic rings. The van der Waals surface area contributed by atoms with Crippen LogP contribution in [0.5, 0.6) is 0 Å². The minimum atomic E-state index is -0.801. The molecule has 0 saturated carbocycles. The molecule has 0 spiro atoms. The Labute approximate surface area is 132 Å². The average molecular weight is 313 g/mol. The van der Waals surface area contributed by atoms with Crippen molar-refractivity contribution in [2.45, 2.75) is 58.4 Å². The van der Waals surface area contributed by atoms with Gasteiger partial charge in [0, 0.05) is 5.92 Å². The van der Waals surface area contributed by atoms with Crippen LogP contribution < -0.4 is 0 Å². The molecule has 1 rings (SSSR count). The van der Waals surface area contributed by atoms with Crippen LogP contribution in [0, 0.1) is 5.92 Å². The number of hydrogen-bond donors (Lipinski definition) is 0. The molecule has 126 valence electrons. The summed E-state index contributed by atoms with van der Waals surface area (Å²) >= 11 is 0. The summed E-state index contributed by atoms with van der Waals surface area (Å²) in [4.78, 5) is 25.6. The number of rotatable bonds is 4. The fourth-order valence-electron chi connectivity index (χ4n) is 2.47. The minimum Gasteiger partial charge on any atom is -0.469 e. The molecule has 22 heavy (non-hydrogen) atoms. The van der Waals surface area contributed by atoms with Gasteiger partial charge in [-0.25, -0.2) is 4.79 Å². The third-order valence-electron chi connectivity index (χ3n) is 3.54. The molecule has 1 saturated heterocycles. The molecule has 0 radical (unpaired) electrons. The van der Waals surface area contributed by atoms with Crippen LogP contribution in [0.4, 0.5) is 4.79 Å². The number of esters is 1. The molecule has 0 aliphatic carbocycles. The van der Waals surface area contributed by atoms with Gasteiger partial charge in [-0.1, -0.05) is 6.08 Å². The van der Waals surface area contributed by atoms with Crippen molar-refractivity contribution in [2.75, 3.05) is 13.7 Å². The highest BCUT2D eigenvalue weighted by molar-refractivity contribution is 5.71. The average Bonchev–Trinajstić information content (AvgIpc) is 2.69. The number of carbonyl (C=O) groups excluding carboxylic acids is 2. The number of carbonyl (C=O) groups is 2. The van der Waals surface area contributed by atoms with E-state index >= 15 is 0 Å². The van der Waals surface area contributed by atoms with Gasteiger partial charge in [-0.2, -0.15) is 0 Å². The zero-order valence-corrected chi connectivity index (χ0v) is 14.3. The van der Waals surface area contributed by atoms with Gasteiger partial charge in [-0.3, -0.25) is 9.69 Å². The van der Waals surface area contributed by atoms with E-state index in [9.17, 15) is 9.59 Å². The second-order valence-corrected chi connectivity index (χ2v) is 6.86. The van der Waals surface area contributed by atoms with Crippen LogP contribution in [0.1, 0.15) is 41.0 Å². The Bertz CT molecular complexity index is 438. The minimum absolute atomic E-state index is 0.142. The van der Waals surface area contributed by atoms with E-state index in [4.69, 9.17) is 14.2 Å². The van der Waals surface area contributed by atoms with Gasteiger partial charge in [0.15, 0.2) is 0 Å². The molecule has 0 bridgehead atoms. The maximum Gasteiger partial charge on any atom is 0.412 e. The second kappa shape index (κ2) is 6.69. The summed E-state index contributed by atoms with van der Waals surface area (Å²) in [6.45, 7) is 13.1. The van der Waals surface area contributed by atoms with Crippen LogP contribution in [0.15, 0.2) is 12.7 Å². The maximum atomic E-state index is 12.5. The van der Waals surface area contributed by atoms with Gasteiger partial charge in [-0.15, -0.1) is 6.58 Å². The second-order valence-electron chi connectivity index (χ2n) is 6.86. The smallest absolute Gasteiger partial charge is 0.412 e. The van der Waals surface area contributed by atoms with E-state index < -0.39 is 17.4 Å². The summed E-state index contributed by atoms with van der Waals surface area (Å²) in [5.41, 5.74) is -1.41. The van der Waals surface area contributed by atoms with Crippen molar-refractivity contribution in [3.8, 4) is 0 Å². The molecule has 1 aliphatic heterocycles. The molecule has 6 nitrogen and oxygen atoms in total. The number of ether oxygens (including phenoxy) is 3. The largest absolute Gasteiger partial charge is 0.469 e.